The van der Waals surface area contributed by atoms with Crippen molar-refractivity contribution in [2.75, 3.05) is 0 Å². The van der Waals surface area contributed by atoms with Gasteiger partial charge in [0.25, 0.3) is 0 Å². The lowest BCUT2D eigenvalue weighted by Crippen LogP contribution is -2.30. The molecule has 0 aliphatic rings. The number of aliphatic hydroxyl groups is 1. The van der Waals surface area contributed by atoms with E-state index in [0.717, 1.165) is 24.3 Å². The van der Waals surface area contributed by atoms with Gasteiger partial charge in [-0.25, -0.2) is 0 Å². The first-order chi connectivity index (χ1) is 8.08. The summed E-state index contributed by atoms with van der Waals surface area (Å²) in [5.41, 5.74) is 0.0503. The SMILES string of the molecule is O[C@H](Cc1ccc(OC(F)(F)F)cc1)C(F)(F)F. The van der Waals surface area contributed by atoms with Gasteiger partial charge in [0.1, 0.15) is 5.75 Å². The fourth-order valence-corrected chi connectivity index (χ4v) is 1.17. The molecule has 0 aliphatic heterocycles. The van der Waals surface area contributed by atoms with Crippen molar-refractivity contribution in [3.05, 3.63) is 29.8 Å². The van der Waals surface area contributed by atoms with Crippen LogP contribution in [0.3, 0.4) is 0 Å². The van der Waals surface area contributed by atoms with Gasteiger partial charge in [-0.05, 0) is 17.7 Å². The standard InChI is InChI=1S/C10H8F6O2/c11-9(12,13)8(17)5-6-1-3-7(4-2-6)18-10(14,15)16/h1-4,8,17H,5H2/t8-/m1/s1. The van der Waals surface area contributed by atoms with Gasteiger partial charge in [-0.1, -0.05) is 12.1 Å². The van der Waals surface area contributed by atoms with Crippen LogP contribution in [-0.4, -0.2) is 23.7 Å². The molecule has 18 heavy (non-hydrogen) atoms. The zero-order valence-electron chi connectivity index (χ0n) is 8.72. The molecule has 1 atom stereocenters. The smallest absolute Gasteiger partial charge is 0.406 e. The molecule has 0 radical (unpaired) electrons. The summed E-state index contributed by atoms with van der Waals surface area (Å²) in [6, 6.07) is 3.81. The van der Waals surface area contributed by atoms with Gasteiger partial charge in [0.05, 0.1) is 0 Å². The van der Waals surface area contributed by atoms with E-state index in [1.165, 1.54) is 0 Å². The minimum Gasteiger partial charge on any atom is -0.406 e. The Morgan fingerprint density at radius 3 is 1.89 bits per heavy atom. The molecule has 0 unspecified atom stereocenters. The van der Waals surface area contributed by atoms with E-state index >= 15 is 0 Å². The Hall–Kier alpha value is -1.44. The van der Waals surface area contributed by atoms with E-state index in [1.54, 1.807) is 0 Å². The molecule has 0 fully saturated rings. The molecule has 1 aromatic carbocycles. The molecule has 1 N–H and O–H groups in total. The second-order valence-corrected chi connectivity index (χ2v) is 3.45. The number of hydrogen-bond acceptors (Lipinski definition) is 2. The first-order valence-electron chi connectivity index (χ1n) is 4.67. The molecule has 8 heteroatoms. The molecule has 1 aromatic rings. The van der Waals surface area contributed by atoms with Crippen molar-refractivity contribution in [1.82, 2.24) is 0 Å². The second-order valence-electron chi connectivity index (χ2n) is 3.45. The van der Waals surface area contributed by atoms with E-state index in [1.807, 2.05) is 0 Å². The highest BCUT2D eigenvalue weighted by Crippen LogP contribution is 2.25. The average molecular weight is 274 g/mol. The third kappa shape index (κ3) is 4.82. The molecule has 102 valence electrons. The normalized spacial score (nSPS) is 14.4. The van der Waals surface area contributed by atoms with Crippen molar-refractivity contribution in [1.29, 1.82) is 0 Å². The molecular weight excluding hydrogens is 266 g/mol. The van der Waals surface area contributed by atoms with Crippen LogP contribution in [0, 0.1) is 0 Å². The summed E-state index contributed by atoms with van der Waals surface area (Å²) >= 11 is 0. The minimum atomic E-state index is -4.85. The average Bonchev–Trinajstić information content (AvgIpc) is 2.17. The van der Waals surface area contributed by atoms with Crippen LogP contribution in [-0.2, 0) is 6.42 Å². The van der Waals surface area contributed by atoms with Crippen LogP contribution < -0.4 is 4.74 Å². The fourth-order valence-electron chi connectivity index (χ4n) is 1.17. The largest absolute Gasteiger partial charge is 0.573 e. The maximum atomic E-state index is 12.0. The Kier molecular flexibility index (Phi) is 4.10. The van der Waals surface area contributed by atoms with Crippen LogP contribution in [0.5, 0.6) is 5.75 Å². The fraction of sp³-hybridized carbons (Fsp3) is 0.400. The van der Waals surface area contributed by atoms with E-state index in [9.17, 15) is 26.3 Å². The van der Waals surface area contributed by atoms with E-state index in [0.29, 0.717) is 0 Å². The molecule has 0 amide bonds. The van der Waals surface area contributed by atoms with E-state index < -0.39 is 30.8 Å². The van der Waals surface area contributed by atoms with E-state index in [2.05, 4.69) is 4.74 Å². The highest BCUT2D eigenvalue weighted by molar-refractivity contribution is 5.27. The molecule has 0 heterocycles. The van der Waals surface area contributed by atoms with Crippen molar-refractivity contribution in [2.24, 2.45) is 0 Å². The maximum absolute atomic E-state index is 12.0. The van der Waals surface area contributed by atoms with Crippen LogP contribution in [0.15, 0.2) is 24.3 Å². The Bertz CT molecular complexity index is 381. The Morgan fingerprint density at radius 2 is 1.50 bits per heavy atom. The zero-order valence-corrected chi connectivity index (χ0v) is 8.72. The third-order valence-corrected chi connectivity index (χ3v) is 1.96. The quantitative estimate of drug-likeness (QED) is 0.858. The third-order valence-electron chi connectivity index (χ3n) is 1.96. The molecule has 0 spiro atoms. The van der Waals surface area contributed by atoms with Crippen LogP contribution >= 0.6 is 0 Å². The first-order valence-corrected chi connectivity index (χ1v) is 4.67. The summed E-state index contributed by atoms with van der Waals surface area (Å²) in [6.07, 6.45) is -12.9. The topological polar surface area (TPSA) is 29.5 Å². The molecule has 2 nitrogen and oxygen atoms in total. The summed E-state index contributed by atoms with van der Waals surface area (Å²) < 4.78 is 75.0. The van der Waals surface area contributed by atoms with Crippen molar-refractivity contribution >= 4 is 0 Å². The lowest BCUT2D eigenvalue weighted by Gasteiger charge is -2.14. The summed E-state index contributed by atoms with van der Waals surface area (Å²) in [5.74, 6) is -0.534. The number of alkyl halides is 6. The molecule has 0 bridgehead atoms. The van der Waals surface area contributed by atoms with Crippen LogP contribution in [0.2, 0.25) is 0 Å². The highest BCUT2D eigenvalue weighted by atomic mass is 19.4. The molecule has 0 aliphatic carbocycles. The minimum absolute atomic E-state index is 0.0503. The number of benzene rings is 1. The lowest BCUT2D eigenvalue weighted by molar-refractivity contribution is -0.274. The maximum Gasteiger partial charge on any atom is 0.573 e. The van der Waals surface area contributed by atoms with Gasteiger partial charge in [0, 0.05) is 6.42 Å². The van der Waals surface area contributed by atoms with Gasteiger partial charge in [0.15, 0.2) is 6.10 Å². The van der Waals surface area contributed by atoms with Crippen LogP contribution in [0.25, 0.3) is 0 Å². The number of hydrogen-bond donors (Lipinski definition) is 1. The van der Waals surface area contributed by atoms with Crippen molar-refractivity contribution in [3.63, 3.8) is 0 Å². The zero-order chi connectivity index (χ0) is 14.0. The Balaban J connectivity index is 2.66. The summed E-state index contributed by atoms with van der Waals surface area (Å²) in [7, 11) is 0. The highest BCUT2D eigenvalue weighted by Gasteiger charge is 2.38. The van der Waals surface area contributed by atoms with Crippen molar-refractivity contribution < 1.29 is 36.2 Å². The number of halogens is 6. The van der Waals surface area contributed by atoms with Gasteiger partial charge < -0.3 is 9.84 Å². The van der Waals surface area contributed by atoms with Gasteiger partial charge in [0.2, 0.25) is 0 Å². The van der Waals surface area contributed by atoms with Gasteiger partial charge >= 0.3 is 12.5 Å². The van der Waals surface area contributed by atoms with Crippen LogP contribution in [0.1, 0.15) is 5.56 Å². The lowest BCUT2D eigenvalue weighted by atomic mass is 10.1. The monoisotopic (exact) mass is 274 g/mol. The summed E-state index contributed by atoms with van der Waals surface area (Å²) in [6.45, 7) is 0. The van der Waals surface area contributed by atoms with Gasteiger partial charge in [-0.3, -0.25) is 0 Å². The van der Waals surface area contributed by atoms with Crippen molar-refractivity contribution in [2.45, 2.75) is 25.1 Å². The first kappa shape index (κ1) is 14.6. The number of aliphatic hydroxyl groups excluding tert-OH is 1. The summed E-state index contributed by atoms with van der Waals surface area (Å²) in [5, 5.41) is 8.76. The Morgan fingerprint density at radius 1 is 1.00 bits per heavy atom. The molecule has 0 aromatic heterocycles. The molecule has 1 rings (SSSR count). The second kappa shape index (κ2) is 5.05. The molecule has 0 saturated heterocycles. The van der Waals surface area contributed by atoms with E-state index in [-0.39, 0.29) is 5.56 Å². The van der Waals surface area contributed by atoms with E-state index in [4.69, 9.17) is 5.11 Å². The molecule has 0 saturated carbocycles. The van der Waals surface area contributed by atoms with Gasteiger partial charge in [-0.15, -0.1) is 13.2 Å². The number of rotatable bonds is 3. The molecular formula is C10H8F6O2. The number of ether oxygens (including phenoxy) is 1. The van der Waals surface area contributed by atoms with Crippen molar-refractivity contribution in [3.8, 4) is 5.75 Å². The van der Waals surface area contributed by atoms with Gasteiger partial charge in [-0.2, -0.15) is 13.2 Å². The predicted molar refractivity (Wildman–Crippen MR) is 48.9 cm³/mol. The predicted octanol–water partition coefficient (Wildman–Crippen LogP) is 3.05. The Labute approximate surface area is 97.8 Å². The van der Waals surface area contributed by atoms with Crippen LogP contribution in [0.4, 0.5) is 26.3 Å². The summed E-state index contributed by atoms with van der Waals surface area (Å²) in [4.78, 5) is 0.